The first-order valence-electron chi connectivity index (χ1n) is 21.0. The van der Waals surface area contributed by atoms with Crippen LogP contribution >= 0.6 is 11.8 Å². The lowest BCUT2D eigenvalue weighted by Crippen LogP contribution is -2.21. The van der Waals surface area contributed by atoms with Gasteiger partial charge in [-0.3, -0.25) is 24.4 Å². The maximum Gasteiger partial charge on any atom is 0.330 e. The molecule has 14 nitrogen and oxygen atoms in total. The van der Waals surface area contributed by atoms with Gasteiger partial charge in [-0.05, 0) is 123 Å². The van der Waals surface area contributed by atoms with Crippen molar-refractivity contribution in [2.75, 3.05) is 46.0 Å². The van der Waals surface area contributed by atoms with E-state index in [2.05, 4.69) is 48.2 Å². The largest absolute Gasteiger partial charge is 0.496 e. The van der Waals surface area contributed by atoms with E-state index < -0.39 is 0 Å². The topological polar surface area (TPSA) is 194 Å². The van der Waals surface area contributed by atoms with Gasteiger partial charge in [-0.25, -0.2) is 4.79 Å². The van der Waals surface area contributed by atoms with Gasteiger partial charge in [-0.2, -0.15) is 5.10 Å². The molecule has 0 aliphatic heterocycles. The number of aliphatic hydroxyl groups excluding tert-OH is 1. The van der Waals surface area contributed by atoms with E-state index in [0.29, 0.717) is 31.2 Å². The van der Waals surface area contributed by atoms with E-state index in [1.807, 2.05) is 59.6 Å². The number of allylic oxidation sites excluding steroid dienone is 1. The molecule has 4 aromatic rings. The monoisotopic (exact) mass is 913 g/mol. The third-order valence-electron chi connectivity index (χ3n) is 8.85. The second-order valence-corrected chi connectivity index (χ2v) is 14.4. The van der Waals surface area contributed by atoms with Gasteiger partial charge >= 0.3 is 5.97 Å². The van der Waals surface area contributed by atoms with Crippen LogP contribution in [0, 0.1) is 0 Å². The number of unbranched alkanes of at least 4 members (excludes halogenated alkanes) is 7. The van der Waals surface area contributed by atoms with E-state index in [1.165, 1.54) is 25.3 Å². The fraction of sp³-hybridized carbons (Fsp3) is 0.320. The number of aliphatic hydroxyl groups is 1. The highest BCUT2D eigenvalue weighted by Crippen LogP contribution is 2.30. The third-order valence-corrected chi connectivity index (χ3v) is 9.93. The van der Waals surface area contributed by atoms with Crippen molar-refractivity contribution in [1.29, 1.82) is 0 Å². The highest BCUT2D eigenvalue weighted by atomic mass is 32.2. The van der Waals surface area contributed by atoms with E-state index in [1.54, 1.807) is 49.4 Å². The Balaban J connectivity index is 0.000000678. The van der Waals surface area contributed by atoms with Crippen LogP contribution in [-0.4, -0.2) is 104 Å². The molecule has 0 aliphatic rings. The average Bonchev–Trinajstić information content (AvgIpc) is 3.34. The predicted octanol–water partition coefficient (Wildman–Crippen LogP) is 10.2. The maximum absolute atomic E-state index is 10.8. The summed E-state index contributed by atoms with van der Waals surface area (Å²) in [7, 11) is 1.65. The minimum atomic E-state index is -0.368. The number of aldehydes is 1. The molecule has 0 amide bonds. The first-order valence-corrected chi connectivity index (χ1v) is 22.0. The molecular weight excluding hydrogens is 851 g/mol. The van der Waals surface area contributed by atoms with Crippen molar-refractivity contribution in [3.05, 3.63) is 127 Å². The maximum atomic E-state index is 10.8. The van der Waals surface area contributed by atoms with Gasteiger partial charge < -0.3 is 34.3 Å². The van der Waals surface area contributed by atoms with Gasteiger partial charge in [0.1, 0.15) is 23.5 Å². The van der Waals surface area contributed by atoms with Crippen LogP contribution in [-0.2, 0) is 19.1 Å². The lowest BCUT2D eigenvalue weighted by Gasteiger charge is -2.18. The highest BCUT2D eigenvalue weighted by Gasteiger charge is 2.09. The van der Waals surface area contributed by atoms with Crippen molar-refractivity contribution in [2.24, 2.45) is 10.1 Å². The molecule has 0 aliphatic carbocycles. The molecule has 0 atom stereocenters. The number of hydrogen-bond donors (Lipinski definition) is 3. The molecular formula is C50H63N3O11S. The lowest BCUT2D eigenvalue weighted by atomic mass is 10.0. The summed E-state index contributed by atoms with van der Waals surface area (Å²) in [5.74, 6) is 2.57. The van der Waals surface area contributed by atoms with Crippen molar-refractivity contribution >= 4 is 55.6 Å². The zero-order valence-corrected chi connectivity index (χ0v) is 38.0. The summed E-state index contributed by atoms with van der Waals surface area (Å²) >= 11 is 1.60. The number of carboxylic acid groups (broad SMARTS) is 2. The van der Waals surface area contributed by atoms with Crippen LogP contribution in [0.1, 0.15) is 73.7 Å². The molecule has 0 heterocycles. The first kappa shape index (κ1) is 56.3. The van der Waals surface area contributed by atoms with Gasteiger partial charge in [0.2, 0.25) is 0 Å². The average molecular weight is 914 g/mol. The molecule has 0 saturated heterocycles. The van der Waals surface area contributed by atoms with Crippen LogP contribution in [0.3, 0.4) is 0 Å². The molecule has 0 aromatic heterocycles. The number of benzene rings is 4. The SMILES string of the molecule is C=CC(=O)OCCCCCCOc1ccc(C=O)cc1.C=CCCCCCCOc1ccc(-c2ccc(OC)c(/C=N/N(CCO)CSc3ccccc3N=C)c2)cc1.O=CO.O=CO. The van der Waals surface area contributed by atoms with E-state index in [9.17, 15) is 14.7 Å². The Morgan fingerprint density at radius 2 is 1.32 bits per heavy atom. The van der Waals surface area contributed by atoms with Crippen LogP contribution in [0.15, 0.2) is 131 Å². The van der Waals surface area contributed by atoms with Gasteiger partial charge in [0.05, 0.1) is 57.9 Å². The van der Waals surface area contributed by atoms with E-state index in [-0.39, 0.29) is 25.5 Å². The summed E-state index contributed by atoms with van der Waals surface area (Å²) in [5.41, 5.74) is 4.47. The molecule has 350 valence electrons. The summed E-state index contributed by atoms with van der Waals surface area (Å²) < 4.78 is 21.9. The number of nitrogens with zero attached hydrogens (tertiary/aromatic N) is 3. The van der Waals surface area contributed by atoms with Crippen molar-refractivity contribution in [2.45, 2.75) is 62.7 Å². The Labute approximate surface area is 387 Å². The number of hydrogen-bond acceptors (Lipinski definition) is 13. The fourth-order valence-corrected chi connectivity index (χ4v) is 6.52. The molecule has 0 unspecified atom stereocenters. The second kappa shape index (κ2) is 37.8. The standard InChI is InChI=1S/C32H39N3O3S.C16H20O4.2CH2O2/c1-4-5-6-7-8-11-22-38-29-17-14-26(15-18-29)27-16-19-31(37-3)28(23-27)24-34-35(20-21-36)25-39-32-13-10-9-12-30(32)33-2;1-2-16(18)20-12-6-4-3-5-11-19-15-9-7-14(13-17)8-10-15;2*2-1-3/h4,9-10,12-19,23-24,36H,1-2,5-8,11,20-22,25H2,3H3;2,7-10,13H,1,3-6,11-12H2;2*1H,(H,2,3)/b34-24+;;;. The van der Waals surface area contributed by atoms with Crippen molar-refractivity contribution in [1.82, 2.24) is 5.01 Å². The number of carbonyl (C=O) groups is 4. The number of esters is 1. The number of ether oxygens (including phenoxy) is 4. The number of carbonyl (C=O) groups excluding carboxylic acids is 2. The van der Waals surface area contributed by atoms with E-state index in [0.717, 1.165) is 95.9 Å². The molecule has 0 radical (unpaired) electrons. The van der Waals surface area contributed by atoms with Gasteiger partial charge in [0.15, 0.2) is 0 Å². The normalized spacial score (nSPS) is 9.94. The Bertz CT molecular complexity index is 1970. The first-order chi connectivity index (χ1) is 31.8. The zero-order valence-electron chi connectivity index (χ0n) is 37.2. The van der Waals surface area contributed by atoms with Gasteiger partial charge in [-0.15, -0.1) is 18.3 Å². The number of hydrazone groups is 1. The molecule has 0 bridgehead atoms. The summed E-state index contributed by atoms with van der Waals surface area (Å²) in [6, 6.07) is 29.1. The predicted molar refractivity (Wildman–Crippen MR) is 259 cm³/mol. The van der Waals surface area contributed by atoms with Crippen LogP contribution in [0.2, 0.25) is 0 Å². The number of aliphatic imine (C=N–C) groups is 1. The smallest absolute Gasteiger partial charge is 0.330 e. The Kier molecular flexibility index (Phi) is 32.8. The van der Waals surface area contributed by atoms with Gasteiger partial charge in [0.25, 0.3) is 12.9 Å². The Hall–Kier alpha value is -6.71. The molecule has 4 rings (SSSR count). The molecule has 4 aromatic carbocycles. The number of rotatable bonds is 28. The minimum absolute atomic E-state index is 0.000160. The Morgan fingerprint density at radius 3 is 1.88 bits per heavy atom. The number of methoxy groups -OCH3 is 1. The molecule has 3 N–H and O–H groups in total. The number of thioether (sulfide) groups is 1. The molecule has 15 heteroatoms. The van der Waals surface area contributed by atoms with E-state index in [4.69, 9.17) is 38.7 Å². The van der Waals surface area contributed by atoms with Gasteiger partial charge in [-0.1, -0.05) is 55.8 Å². The van der Waals surface area contributed by atoms with E-state index >= 15 is 0 Å². The zero-order chi connectivity index (χ0) is 47.8. The van der Waals surface area contributed by atoms with Gasteiger partial charge in [0, 0.05) is 22.1 Å². The third kappa shape index (κ3) is 25.9. The van der Waals surface area contributed by atoms with Crippen LogP contribution in [0.5, 0.6) is 17.2 Å². The second-order valence-electron chi connectivity index (χ2n) is 13.5. The molecule has 0 fully saturated rings. The van der Waals surface area contributed by atoms with Crippen molar-refractivity contribution in [3.8, 4) is 28.4 Å². The minimum Gasteiger partial charge on any atom is -0.496 e. The summed E-state index contributed by atoms with van der Waals surface area (Å²) in [6.45, 7) is 12.5. The Morgan fingerprint density at radius 1 is 0.754 bits per heavy atom. The highest BCUT2D eigenvalue weighted by molar-refractivity contribution is 7.99. The van der Waals surface area contributed by atoms with Crippen molar-refractivity contribution < 1.29 is 53.4 Å². The fourth-order valence-electron chi connectivity index (χ4n) is 5.58. The summed E-state index contributed by atoms with van der Waals surface area (Å²) in [6.07, 6.45) is 15.3. The summed E-state index contributed by atoms with van der Waals surface area (Å²) in [4.78, 5) is 43.1. The van der Waals surface area contributed by atoms with Crippen LogP contribution in [0.4, 0.5) is 5.69 Å². The summed E-state index contributed by atoms with van der Waals surface area (Å²) in [5, 5.41) is 29.8. The van der Waals surface area contributed by atoms with Crippen LogP contribution in [0.25, 0.3) is 11.1 Å². The molecule has 0 saturated carbocycles. The molecule has 0 spiro atoms. The van der Waals surface area contributed by atoms with Crippen LogP contribution < -0.4 is 14.2 Å². The van der Waals surface area contributed by atoms with Crippen molar-refractivity contribution in [3.63, 3.8) is 0 Å². The molecule has 65 heavy (non-hydrogen) atoms. The quantitative estimate of drug-likeness (QED) is 0.00561. The lowest BCUT2D eigenvalue weighted by molar-refractivity contribution is -0.137. The number of para-hydroxylation sites is 1.